The molecule has 2 unspecified atom stereocenters. The minimum absolute atomic E-state index is 0. The van der Waals surface area contributed by atoms with Gasteiger partial charge in [-0.3, -0.25) is 4.99 Å². The molecule has 0 bridgehead atoms. The fourth-order valence-electron chi connectivity index (χ4n) is 2.78. The van der Waals surface area contributed by atoms with Crippen molar-refractivity contribution in [1.29, 1.82) is 0 Å². The molecule has 5 heteroatoms. The van der Waals surface area contributed by atoms with Crippen molar-refractivity contribution in [3.8, 4) is 0 Å². The van der Waals surface area contributed by atoms with Crippen LogP contribution in [0.15, 0.2) is 46.8 Å². The Kier molecular flexibility index (Phi) is 6.89. The second-order valence-corrected chi connectivity index (χ2v) is 6.85. The Morgan fingerprint density at radius 2 is 2.00 bits per heavy atom. The Bertz CT molecular complexity index is 639. The highest BCUT2D eigenvalue weighted by Crippen LogP contribution is 2.46. The van der Waals surface area contributed by atoms with E-state index >= 15 is 0 Å². The van der Waals surface area contributed by atoms with Crippen molar-refractivity contribution in [2.45, 2.75) is 25.8 Å². The van der Waals surface area contributed by atoms with Crippen LogP contribution in [0.5, 0.6) is 0 Å². The minimum Gasteiger partial charge on any atom is -0.356 e. The van der Waals surface area contributed by atoms with Gasteiger partial charge in [-0.15, -0.1) is 35.3 Å². The average Bonchev–Trinajstić information content (AvgIpc) is 3.22. The lowest BCUT2D eigenvalue weighted by Gasteiger charge is -2.11. The second kappa shape index (κ2) is 8.68. The van der Waals surface area contributed by atoms with E-state index in [0.29, 0.717) is 5.92 Å². The zero-order valence-corrected chi connectivity index (χ0v) is 16.7. The highest BCUT2D eigenvalue weighted by molar-refractivity contribution is 14.0. The van der Waals surface area contributed by atoms with Crippen LogP contribution in [0, 0.1) is 12.8 Å². The van der Waals surface area contributed by atoms with Crippen molar-refractivity contribution < 1.29 is 0 Å². The maximum atomic E-state index is 4.31. The lowest BCUT2D eigenvalue weighted by atomic mass is 10.1. The maximum absolute atomic E-state index is 4.31. The Morgan fingerprint density at radius 1 is 1.22 bits per heavy atom. The smallest absolute Gasteiger partial charge is 0.191 e. The number of hydrogen-bond acceptors (Lipinski definition) is 2. The minimum atomic E-state index is 0. The topological polar surface area (TPSA) is 36.4 Å². The van der Waals surface area contributed by atoms with Gasteiger partial charge in [-0.2, -0.15) is 0 Å². The van der Waals surface area contributed by atoms with E-state index < -0.39 is 0 Å². The molecule has 1 aliphatic carbocycles. The quantitative estimate of drug-likeness (QED) is 0.416. The first-order valence-corrected chi connectivity index (χ1v) is 8.68. The molecule has 3 nitrogen and oxygen atoms in total. The largest absolute Gasteiger partial charge is 0.356 e. The highest BCUT2D eigenvalue weighted by Gasteiger charge is 2.37. The summed E-state index contributed by atoms with van der Waals surface area (Å²) < 4.78 is 0. The predicted molar refractivity (Wildman–Crippen MR) is 110 cm³/mol. The maximum Gasteiger partial charge on any atom is 0.191 e. The Balaban J connectivity index is 0.00000192. The molecule has 3 rings (SSSR count). The normalized spacial score (nSPS) is 19.8. The molecule has 124 valence electrons. The third-order valence-electron chi connectivity index (χ3n) is 4.29. The van der Waals surface area contributed by atoms with Crippen LogP contribution in [0.4, 0.5) is 0 Å². The van der Waals surface area contributed by atoms with Crippen molar-refractivity contribution in [2.24, 2.45) is 10.9 Å². The number of nitrogens with one attached hydrogen (secondary N) is 2. The van der Waals surface area contributed by atoms with Gasteiger partial charge in [0.1, 0.15) is 0 Å². The second-order valence-electron chi connectivity index (χ2n) is 5.85. The number of hydrogen-bond donors (Lipinski definition) is 2. The number of aryl methyl sites for hydroxylation is 1. The van der Waals surface area contributed by atoms with Gasteiger partial charge in [0.25, 0.3) is 0 Å². The van der Waals surface area contributed by atoms with Gasteiger partial charge in [-0.05, 0) is 47.8 Å². The number of guanidine groups is 1. The molecule has 0 aliphatic heterocycles. The Labute approximate surface area is 159 Å². The van der Waals surface area contributed by atoms with Gasteiger partial charge in [0, 0.05) is 18.5 Å². The number of rotatable bonds is 5. The zero-order chi connectivity index (χ0) is 15.4. The van der Waals surface area contributed by atoms with E-state index in [9.17, 15) is 0 Å². The van der Waals surface area contributed by atoms with Gasteiger partial charge in [0.15, 0.2) is 5.96 Å². The Hall–Kier alpha value is -1.08. The first-order chi connectivity index (χ1) is 10.8. The van der Waals surface area contributed by atoms with Crippen molar-refractivity contribution in [1.82, 2.24) is 10.6 Å². The summed E-state index contributed by atoms with van der Waals surface area (Å²) in [6, 6.07) is 13.0. The fraction of sp³-hybridized carbons (Fsp3) is 0.389. The van der Waals surface area contributed by atoms with Gasteiger partial charge >= 0.3 is 0 Å². The molecule has 23 heavy (non-hydrogen) atoms. The molecule has 1 saturated carbocycles. The number of nitrogens with zero attached hydrogens (tertiary/aromatic N) is 1. The van der Waals surface area contributed by atoms with Crippen LogP contribution in [0.1, 0.15) is 28.3 Å². The molecular weight excluding hydrogens is 417 g/mol. The highest BCUT2D eigenvalue weighted by atomic mass is 127. The average molecular weight is 441 g/mol. The van der Waals surface area contributed by atoms with Gasteiger partial charge in [-0.1, -0.05) is 30.3 Å². The van der Waals surface area contributed by atoms with Crippen molar-refractivity contribution in [3.63, 3.8) is 0 Å². The summed E-state index contributed by atoms with van der Waals surface area (Å²) in [5.41, 5.74) is 2.81. The summed E-state index contributed by atoms with van der Waals surface area (Å²) in [5, 5.41) is 8.99. The van der Waals surface area contributed by atoms with E-state index in [0.717, 1.165) is 25.0 Å². The molecule has 2 N–H and O–H groups in total. The van der Waals surface area contributed by atoms with Crippen molar-refractivity contribution >= 4 is 41.3 Å². The molecule has 1 fully saturated rings. The van der Waals surface area contributed by atoms with Crippen LogP contribution < -0.4 is 10.6 Å². The van der Waals surface area contributed by atoms with Crippen LogP contribution in [0.3, 0.4) is 0 Å². The molecule has 0 amide bonds. The molecule has 0 saturated heterocycles. The third-order valence-corrected chi connectivity index (χ3v) is 5.31. The fourth-order valence-corrected chi connectivity index (χ4v) is 3.63. The molecule has 2 atom stereocenters. The SMILES string of the molecule is CN=C(NCc1sccc1C)NCC1CC1c1ccccc1.I. The molecule has 1 heterocycles. The molecule has 1 aromatic heterocycles. The van der Waals surface area contributed by atoms with E-state index in [4.69, 9.17) is 0 Å². The van der Waals surface area contributed by atoms with Crippen LogP contribution in [-0.4, -0.2) is 19.6 Å². The monoisotopic (exact) mass is 441 g/mol. The molecule has 2 aromatic rings. The summed E-state index contributed by atoms with van der Waals surface area (Å²) in [6.45, 7) is 3.98. The molecule has 1 aliphatic rings. The van der Waals surface area contributed by atoms with Gasteiger partial charge < -0.3 is 10.6 Å². The van der Waals surface area contributed by atoms with Gasteiger partial charge in [0.2, 0.25) is 0 Å². The predicted octanol–water partition coefficient (Wildman–Crippen LogP) is 4.14. The summed E-state index contributed by atoms with van der Waals surface area (Å²) in [4.78, 5) is 5.69. The lowest BCUT2D eigenvalue weighted by molar-refractivity contribution is 0.720. The summed E-state index contributed by atoms with van der Waals surface area (Å²) in [7, 11) is 1.83. The molecular formula is C18H24IN3S. The standard InChI is InChI=1S/C18H23N3S.HI/c1-13-8-9-22-17(13)12-21-18(19-2)20-11-15-10-16(15)14-6-4-3-5-7-14;/h3-9,15-16H,10-12H2,1-2H3,(H2,19,20,21);1H. The van der Waals surface area contributed by atoms with Crippen LogP contribution in [0.25, 0.3) is 0 Å². The van der Waals surface area contributed by atoms with Gasteiger partial charge in [0.05, 0.1) is 6.54 Å². The van der Waals surface area contributed by atoms with Gasteiger partial charge in [-0.25, -0.2) is 0 Å². The number of benzene rings is 1. The summed E-state index contributed by atoms with van der Waals surface area (Å²) >= 11 is 1.79. The first-order valence-electron chi connectivity index (χ1n) is 7.80. The van der Waals surface area contributed by atoms with E-state index in [1.165, 1.54) is 22.4 Å². The van der Waals surface area contributed by atoms with Crippen LogP contribution in [-0.2, 0) is 6.54 Å². The van der Waals surface area contributed by atoms with E-state index in [1.807, 2.05) is 7.05 Å². The number of aliphatic imine (C=N–C) groups is 1. The zero-order valence-electron chi connectivity index (χ0n) is 13.6. The Morgan fingerprint density at radius 3 is 2.65 bits per heavy atom. The number of halogens is 1. The third kappa shape index (κ3) is 4.94. The summed E-state index contributed by atoms with van der Waals surface area (Å²) in [6.07, 6.45) is 1.28. The van der Waals surface area contributed by atoms with Crippen molar-refractivity contribution in [3.05, 3.63) is 57.8 Å². The molecule has 0 radical (unpaired) electrons. The number of thiophene rings is 1. The van der Waals surface area contributed by atoms with E-state index in [1.54, 1.807) is 11.3 Å². The van der Waals surface area contributed by atoms with Crippen LogP contribution in [0.2, 0.25) is 0 Å². The van der Waals surface area contributed by atoms with E-state index in [2.05, 4.69) is 64.3 Å². The van der Waals surface area contributed by atoms with Crippen molar-refractivity contribution in [2.75, 3.05) is 13.6 Å². The molecule has 0 spiro atoms. The summed E-state index contributed by atoms with van der Waals surface area (Å²) in [5.74, 6) is 2.34. The first kappa shape index (κ1) is 18.3. The molecule has 1 aromatic carbocycles. The van der Waals surface area contributed by atoms with Crippen LogP contribution >= 0.6 is 35.3 Å². The lowest BCUT2D eigenvalue weighted by Crippen LogP contribution is -2.37. The van der Waals surface area contributed by atoms with E-state index in [-0.39, 0.29) is 24.0 Å².